The minimum absolute atomic E-state index is 0.0814. The second-order valence-corrected chi connectivity index (χ2v) is 9.07. The summed E-state index contributed by atoms with van der Waals surface area (Å²) in [5.74, 6) is 0.352. The molecule has 1 fully saturated rings. The molecule has 2 aliphatic carbocycles. The molecule has 130 valence electrons. The van der Waals surface area contributed by atoms with Crippen molar-refractivity contribution < 1.29 is 5.11 Å². The highest BCUT2D eigenvalue weighted by atomic mass is 79.9. The average molecular weight is 397 g/mol. The molecule has 0 spiro atoms. The van der Waals surface area contributed by atoms with E-state index >= 15 is 0 Å². The lowest BCUT2D eigenvalue weighted by Crippen LogP contribution is -2.57. The molecule has 2 aliphatic rings. The highest BCUT2D eigenvalue weighted by Gasteiger charge is 2.56. The highest BCUT2D eigenvalue weighted by molar-refractivity contribution is 9.10. The first kappa shape index (κ1) is 17.1. The molecule has 2 aromatic carbocycles. The number of rotatable bonds is 2. The predicted molar refractivity (Wildman–Crippen MR) is 107 cm³/mol. The summed E-state index contributed by atoms with van der Waals surface area (Å²) < 4.78 is 1.11. The summed E-state index contributed by atoms with van der Waals surface area (Å²) in [6.07, 6.45) is 2.78. The quantitative estimate of drug-likeness (QED) is 0.669. The van der Waals surface area contributed by atoms with Crippen LogP contribution in [0.15, 0.2) is 65.2 Å². The van der Waals surface area contributed by atoms with E-state index in [-0.39, 0.29) is 17.3 Å². The Hall–Kier alpha value is -1.38. The van der Waals surface area contributed by atoms with E-state index in [1.807, 2.05) is 6.92 Å². The van der Waals surface area contributed by atoms with Gasteiger partial charge in [0.1, 0.15) is 0 Å². The molecule has 1 N–H and O–H groups in total. The Balaban J connectivity index is 1.91. The monoisotopic (exact) mass is 396 g/mol. The molecule has 0 heterocycles. The lowest BCUT2D eigenvalue weighted by Gasteiger charge is -2.57. The maximum atomic E-state index is 11.2. The zero-order valence-electron chi connectivity index (χ0n) is 14.9. The Morgan fingerprint density at radius 3 is 2.64 bits per heavy atom. The van der Waals surface area contributed by atoms with Crippen molar-refractivity contribution in [2.24, 2.45) is 11.8 Å². The molecular weight excluding hydrogens is 372 g/mol. The second kappa shape index (κ2) is 5.82. The normalized spacial score (nSPS) is 33.8. The van der Waals surface area contributed by atoms with Gasteiger partial charge in [0.25, 0.3) is 0 Å². The maximum Gasteiger partial charge on any atom is 0.0713 e. The molecule has 0 aliphatic heterocycles. The SMILES string of the molecule is C=C1[C@H]2Cc3cc(Br)ccc3[C@]1(Cc1ccccc1)CC(C)[C@@]2(C)O. The molecule has 4 rings (SSSR count). The number of hydrogen-bond acceptors (Lipinski definition) is 1. The molecule has 0 radical (unpaired) electrons. The molecule has 0 amide bonds. The van der Waals surface area contributed by atoms with Gasteiger partial charge in [-0.2, -0.15) is 0 Å². The fraction of sp³-hybridized carbons (Fsp3) is 0.391. The van der Waals surface area contributed by atoms with E-state index in [0.29, 0.717) is 0 Å². The summed E-state index contributed by atoms with van der Waals surface area (Å²) in [6.45, 7) is 8.75. The Kier molecular flexibility index (Phi) is 3.97. The van der Waals surface area contributed by atoms with Crippen LogP contribution < -0.4 is 0 Å². The van der Waals surface area contributed by atoms with Gasteiger partial charge in [0, 0.05) is 15.8 Å². The van der Waals surface area contributed by atoms with Crippen LogP contribution in [0.3, 0.4) is 0 Å². The minimum atomic E-state index is -0.697. The van der Waals surface area contributed by atoms with E-state index < -0.39 is 5.60 Å². The van der Waals surface area contributed by atoms with Crippen LogP contribution in [0.25, 0.3) is 0 Å². The summed E-state index contributed by atoms with van der Waals surface area (Å²) in [5, 5.41) is 11.2. The fourth-order valence-corrected chi connectivity index (χ4v) is 5.55. The van der Waals surface area contributed by atoms with E-state index in [4.69, 9.17) is 0 Å². The first-order valence-electron chi connectivity index (χ1n) is 9.09. The molecular formula is C23H25BrO. The molecule has 1 nitrogen and oxygen atoms in total. The number of aliphatic hydroxyl groups is 1. The Labute approximate surface area is 158 Å². The highest BCUT2D eigenvalue weighted by Crippen LogP contribution is 2.58. The Morgan fingerprint density at radius 2 is 1.92 bits per heavy atom. The van der Waals surface area contributed by atoms with Gasteiger partial charge < -0.3 is 5.11 Å². The van der Waals surface area contributed by atoms with Gasteiger partial charge in [0.05, 0.1) is 5.60 Å². The van der Waals surface area contributed by atoms with E-state index in [1.165, 1.54) is 22.3 Å². The van der Waals surface area contributed by atoms with Crippen molar-refractivity contribution in [1.29, 1.82) is 0 Å². The Bertz CT molecular complexity index is 823. The van der Waals surface area contributed by atoms with Gasteiger partial charge in [-0.15, -0.1) is 0 Å². The van der Waals surface area contributed by atoms with Crippen LogP contribution in [0.5, 0.6) is 0 Å². The van der Waals surface area contributed by atoms with Crippen LogP contribution in [0.1, 0.15) is 37.0 Å². The summed E-state index contributed by atoms with van der Waals surface area (Å²) >= 11 is 3.63. The predicted octanol–water partition coefficient (Wildman–Crippen LogP) is 5.45. The molecule has 1 saturated carbocycles. The van der Waals surface area contributed by atoms with Crippen molar-refractivity contribution >= 4 is 15.9 Å². The molecule has 2 bridgehead atoms. The van der Waals surface area contributed by atoms with Gasteiger partial charge in [-0.05, 0) is 60.9 Å². The van der Waals surface area contributed by atoms with E-state index in [0.717, 1.165) is 23.7 Å². The van der Waals surface area contributed by atoms with Crippen molar-refractivity contribution in [3.63, 3.8) is 0 Å². The van der Waals surface area contributed by atoms with Crippen molar-refractivity contribution in [2.75, 3.05) is 0 Å². The molecule has 4 atom stereocenters. The maximum absolute atomic E-state index is 11.2. The van der Waals surface area contributed by atoms with Gasteiger partial charge in [-0.3, -0.25) is 0 Å². The van der Waals surface area contributed by atoms with E-state index in [9.17, 15) is 5.11 Å². The van der Waals surface area contributed by atoms with E-state index in [1.54, 1.807) is 0 Å². The molecule has 1 unspecified atom stereocenters. The van der Waals surface area contributed by atoms with Crippen molar-refractivity contribution in [1.82, 2.24) is 0 Å². The third-order valence-corrected chi connectivity index (χ3v) is 7.24. The molecule has 0 aromatic heterocycles. The molecule has 25 heavy (non-hydrogen) atoms. The Morgan fingerprint density at radius 1 is 1.20 bits per heavy atom. The summed E-state index contributed by atoms with van der Waals surface area (Å²) in [5.41, 5.74) is 4.54. The molecule has 2 heteroatoms. The lowest BCUT2D eigenvalue weighted by molar-refractivity contribution is -0.0714. The largest absolute Gasteiger partial charge is 0.389 e. The number of benzene rings is 2. The van der Waals surface area contributed by atoms with Gasteiger partial charge in [-0.25, -0.2) is 0 Å². The lowest BCUT2D eigenvalue weighted by atomic mass is 9.49. The molecule has 2 aromatic rings. The van der Waals surface area contributed by atoms with Crippen LogP contribution in [0, 0.1) is 11.8 Å². The van der Waals surface area contributed by atoms with Crippen LogP contribution in [0.2, 0.25) is 0 Å². The van der Waals surface area contributed by atoms with Crippen molar-refractivity contribution in [3.05, 3.63) is 81.8 Å². The van der Waals surface area contributed by atoms with Crippen LogP contribution in [-0.2, 0) is 18.3 Å². The third-order valence-electron chi connectivity index (χ3n) is 6.75. The van der Waals surface area contributed by atoms with E-state index in [2.05, 4.69) is 78.0 Å². The smallest absolute Gasteiger partial charge is 0.0713 e. The molecule has 0 saturated heterocycles. The average Bonchev–Trinajstić information content (AvgIpc) is 2.57. The van der Waals surface area contributed by atoms with Crippen LogP contribution in [-0.4, -0.2) is 10.7 Å². The van der Waals surface area contributed by atoms with Gasteiger partial charge in [0.15, 0.2) is 0 Å². The third kappa shape index (κ3) is 2.53. The summed E-state index contributed by atoms with van der Waals surface area (Å²) in [7, 11) is 0. The number of fused-ring (bicyclic) bond motifs is 4. The van der Waals surface area contributed by atoms with Crippen molar-refractivity contribution in [2.45, 2.75) is 44.1 Å². The van der Waals surface area contributed by atoms with Crippen molar-refractivity contribution in [3.8, 4) is 0 Å². The standard InChI is InChI=1S/C23H25BrO/c1-15-13-23(14-17-7-5-4-6-8-17)16(2)21(22(15,3)25)12-18-11-19(24)9-10-20(18)23/h4-11,15,21,25H,2,12-14H2,1,3H3/t15?,21-,22-,23+/m1/s1. The topological polar surface area (TPSA) is 20.2 Å². The van der Waals surface area contributed by atoms with Crippen LogP contribution in [0.4, 0.5) is 0 Å². The second-order valence-electron chi connectivity index (χ2n) is 8.16. The first-order valence-corrected chi connectivity index (χ1v) is 9.88. The first-order chi connectivity index (χ1) is 11.8. The van der Waals surface area contributed by atoms with Gasteiger partial charge >= 0.3 is 0 Å². The minimum Gasteiger partial charge on any atom is -0.389 e. The summed E-state index contributed by atoms with van der Waals surface area (Å²) in [6, 6.07) is 17.4. The zero-order valence-corrected chi connectivity index (χ0v) is 16.5. The van der Waals surface area contributed by atoms with Gasteiger partial charge in [0.2, 0.25) is 0 Å². The zero-order chi connectivity index (χ0) is 17.8. The van der Waals surface area contributed by atoms with Crippen LogP contribution >= 0.6 is 15.9 Å². The van der Waals surface area contributed by atoms with Gasteiger partial charge in [-0.1, -0.05) is 71.4 Å². The number of hydrogen-bond donors (Lipinski definition) is 1. The fourth-order valence-electron chi connectivity index (χ4n) is 5.15. The summed E-state index contributed by atoms with van der Waals surface area (Å²) in [4.78, 5) is 0. The number of halogens is 1.